The van der Waals surface area contributed by atoms with Crippen LogP contribution in [0, 0.1) is 25.5 Å². The summed E-state index contributed by atoms with van der Waals surface area (Å²) in [5, 5.41) is 11.1. The second-order valence-corrected chi connectivity index (χ2v) is 7.80. The van der Waals surface area contributed by atoms with Gasteiger partial charge in [-0.05, 0) is 61.4 Å². The summed E-state index contributed by atoms with van der Waals surface area (Å²) >= 11 is 0. The summed E-state index contributed by atoms with van der Waals surface area (Å²) in [6.07, 6.45) is 0. The standard InChI is InChI=1S/C26H21F2NO4/c1-14-8-10-17(12-15(14)2)29-23(18-6-4-5-7-20(18)28)22(25(31)26(29)32)24(30)19-13-16(27)9-11-21(19)33-3/h4-13,23,30H,1-3H3/b24-22+. The third-order valence-corrected chi connectivity index (χ3v) is 5.83. The van der Waals surface area contributed by atoms with Crippen molar-refractivity contribution < 1.29 is 28.2 Å². The lowest BCUT2D eigenvalue weighted by Crippen LogP contribution is -2.30. The first-order valence-electron chi connectivity index (χ1n) is 10.2. The fourth-order valence-corrected chi connectivity index (χ4v) is 3.98. The summed E-state index contributed by atoms with van der Waals surface area (Å²) in [7, 11) is 1.33. The van der Waals surface area contributed by atoms with E-state index in [4.69, 9.17) is 4.74 Å². The van der Waals surface area contributed by atoms with Crippen molar-refractivity contribution in [3.8, 4) is 5.75 Å². The highest BCUT2D eigenvalue weighted by Gasteiger charge is 2.48. The van der Waals surface area contributed by atoms with Gasteiger partial charge in [0.05, 0.1) is 24.3 Å². The highest BCUT2D eigenvalue weighted by molar-refractivity contribution is 6.51. The van der Waals surface area contributed by atoms with Gasteiger partial charge >= 0.3 is 0 Å². The number of halogens is 2. The Labute approximate surface area is 189 Å². The zero-order valence-electron chi connectivity index (χ0n) is 18.2. The smallest absolute Gasteiger partial charge is 0.300 e. The predicted molar refractivity (Wildman–Crippen MR) is 120 cm³/mol. The third kappa shape index (κ3) is 3.75. The van der Waals surface area contributed by atoms with Gasteiger partial charge in [0.25, 0.3) is 11.7 Å². The lowest BCUT2D eigenvalue weighted by atomic mass is 9.94. The van der Waals surface area contributed by atoms with Gasteiger partial charge in [0.1, 0.15) is 23.1 Å². The zero-order valence-corrected chi connectivity index (χ0v) is 18.2. The maximum Gasteiger partial charge on any atom is 0.300 e. The van der Waals surface area contributed by atoms with E-state index in [9.17, 15) is 23.5 Å². The second kappa shape index (κ2) is 8.50. The van der Waals surface area contributed by atoms with Crippen molar-refractivity contribution in [1.82, 2.24) is 0 Å². The number of carbonyl (C=O) groups is 2. The number of hydrogen-bond acceptors (Lipinski definition) is 4. The van der Waals surface area contributed by atoms with Crippen molar-refractivity contribution in [3.05, 3.63) is 100 Å². The Morgan fingerprint density at radius 3 is 2.36 bits per heavy atom. The minimum Gasteiger partial charge on any atom is -0.507 e. The molecule has 168 valence electrons. The van der Waals surface area contributed by atoms with Crippen molar-refractivity contribution in [2.75, 3.05) is 12.0 Å². The molecule has 1 aliphatic heterocycles. The van der Waals surface area contributed by atoms with Gasteiger partial charge in [-0.25, -0.2) is 8.78 Å². The second-order valence-electron chi connectivity index (χ2n) is 7.80. The van der Waals surface area contributed by atoms with Crippen molar-refractivity contribution in [1.29, 1.82) is 0 Å². The van der Waals surface area contributed by atoms with Gasteiger partial charge in [-0.1, -0.05) is 24.3 Å². The fourth-order valence-electron chi connectivity index (χ4n) is 3.98. The molecule has 1 aliphatic rings. The summed E-state index contributed by atoms with van der Waals surface area (Å²) in [6, 6.07) is 13.0. The minimum absolute atomic E-state index is 0.0202. The molecule has 0 saturated carbocycles. The van der Waals surface area contributed by atoms with Gasteiger partial charge in [0.2, 0.25) is 0 Å². The number of ether oxygens (including phenoxy) is 1. The Bertz CT molecular complexity index is 1320. The summed E-state index contributed by atoms with van der Waals surface area (Å²) in [5.41, 5.74) is 1.77. The summed E-state index contributed by atoms with van der Waals surface area (Å²) in [5.74, 6) is -3.82. The molecule has 1 atom stereocenters. The van der Waals surface area contributed by atoms with Crippen LogP contribution in [0.5, 0.6) is 5.75 Å². The number of benzene rings is 3. The molecule has 0 radical (unpaired) electrons. The molecule has 1 unspecified atom stereocenters. The quantitative estimate of drug-likeness (QED) is 0.337. The number of anilines is 1. The molecular formula is C26H21F2NO4. The molecule has 1 amide bonds. The van der Waals surface area contributed by atoms with E-state index in [1.54, 1.807) is 24.3 Å². The highest BCUT2D eigenvalue weighted by Crippen LogP contribution is 2.44. The van der Waals surface area contributed by atoms with Crippen LogP contribution < -0.4 is 9.64 Å². The predicted octanol–water partition coefficient (Wildman–Crippen LogP) is 5.22. The van der Waals surface area contributed by atoms with Gasteiger partial charge in [0.15, 0.2) is 0 Å². The van der Waals surface area contributed by atoms with Crippen LogP contribution in [0.2, 0.25) is 0 Å². The normalized spacial score (nSPS) is 17.5. The van der Waals surface area contributed by atoms with E-state index in [0.29, 0.717) is 5.69 Å². The Morgan fingerprint density at radius 1 is 0.970 bits per heavy atom. The number of aliphatic hydroxyl groups is 1. The zero-order chi connectivity index (χ0) is 23.9. The van der Waals surface area contributed by atoms with Crippen molar-refractivity contribution in [2.24, 2.45) is 0 Å². The first kappa shape index (κ1) is 22.2. The molecule has 3 aromatic rings. The molecule has 1 fully saturated rings. The Morgan fingerprint density at radius 2 is 1.70 bits per heavy atom. The number of aliphatic hydroxyl groups excluding tert-OH is 1. The molecule has 0 aliphatic carbocycles. The van der Waals surface area contributed by atoms with Crippen LogP contribution in [0.3, 0.4) is 0 Å². The molecule has 0 bridgehead atoms. The highest BCUT2D eigenvalue weighted by atomic mass is 19.1. The molecule has 7 heteroatoms. The Hall–Kier alpha value is -4.00. The average molecular weight is 449 g/mol. The lowest BCUT2D eigenvalue weighted by molar-refractivity contribution is -0.132. The molecule has 3 aromatic carbocycles. The number of nitrogens with zero attached hydrogens (tertiary/aromatic N) is 1. The first-order chi connectivity index (χ1) is 15.7. The molecule has 1 saturated heterocycles. The molecule has 1 heterocycles. The van der Waals surface area contributed by atoms with Crippen LogP contribution in [-0.4, -0.2) is 23.9 Å². The van der Waals surface area contributed by atoms with Crippen molar-refractivity contribution >= 4 is 23.1 Å². The molecule has 33 heavy (non-hydrogen) atoms. The third-order valence-electron chi connectivity index (χ3n) is 5.83. The minimum atomic E-state index is -1.26. The number of carbonyl (C=O) groups excluding carboxylic acids is 2. The van der Waals surface area contributed by atoms with E-state index in [2.05, 4.69) is 0 Å². The lowest BCUT2D eigenvalue weighted by Gasteiger charge is -2.26. The van der Waals surface area contributed by atoms with E-state index < -0.39 is 35.1 Å². The van der Waals surface area contributed by atoms with Gasteiger partial charge < -0.3 is 9.84 Å². The number of hydrogen-bond donors (Lipinski definition) is 1. The summed E-state index contributed by atoms with van der Waals surface area (Å²) in [4.78, 5) is 27.5. The molecule has 5 nitrogen and oxygen atoms in total. The maximum atomic E-state index is 14.9. The van der Waals surface area contributed by atoms with Gasteiger partial charge in [-0.15, -0.1) is 0 Å². The number of ketones is 1. The van der Waals surface area contributed by atoms with Crippen molar-refractivity contribution in [2.45, 2.75) is 19.9 Å². The van der Waals surface area contributed by atoms with Gasteiger partial charge in [-0.2, -0.15) is 0 Å². The van der Waals surface area contributed by atoms with Crippen LogP contribution in [-0.2, 0) is 9.59 Å². The van der Waals surface area contributed by atoms with E-state index in [0.717, 1.165) is 28.2 Å². The summed E-state index contributed by atoms with van der Waals surface area (Å²) < 4.78 is 34.1. The monoisotopic (exact) mass is 449 g/mol. The van der Waals surface area contributed by atoms with Gasteiger partial charge in [-0.3, -0.25) is 14.5 Å². The van der Waals surface area contributed by atoms with Crippen LogP contribution in [0.4, 0.5) is 14.5 Å². The number of aryl methyl sites for hydroxylation is 2. The van der Waals surface area contributed by atoms with E-state index in [1.165, 1.54) is 31.4 Å². The van der Waals surface area contributed by atoms with Crippen molar-refractivity contribution in [3.63, 3.8) is 0 Å². The molecule has 0 aromatic heterocycles. The summed E-state index contributed by atoms with van der Waals surface area (Å²) in [6.45, 7) is 3.75. The van der Waals surface area contributed by atoms with Gasteiger partial charge in [0, 0.05) is 11.3 Å². The number of Topliss-reactive ketones (excluding diaryl/α,β-unsaturated/α-hetero) is 1. The average Bonchev–Trinajstić information content (AvgIpc) is 3.06. The Kier molecular flexibility index (Phi) is 5.72. The van der Waals surface area contributed by atoms with Crippen LogP contribution in [0.25, 0.3) is 5.76 Å². The number of rotatable bonds is 4. The Balaban J connectivity index is 2.02. The maximum absolute atomic E-state index is 14.9. The number of amides is 1. The topological polar surface area (TPSA) is 66.8 Å². The van der Waals surface area contributed by atoms with Crippen LogP contribution in [0.15, 0.2) is 66.2 Å². The van der Waals surface area contributed by atoms with E-state index in [-0.39, 0.29) is 22.4 Å². The van der Waals surface area contributed by atoms with Crippen LogP contribution >= 0.6 is 0 Å². The van der Waals surface area contributed by atoms with E-state index >= 15 is 0 Å². The molecular weight excluding hydrogens is 428 g/mol. The SMILES string of the molecule is COc1ccc(F)cc1/C(O)=C1\C(=O)C(=O)N(c2ccc(C)c(C)c2)C1c1ccccc1F. The first-order valence-corrected chi connectivity index (χ1v) is 10.2. The number of methoxy groups -OCH3 is 1. The largest absolute Gasteiger partial charge is 0.507 e. The van der Waals surface area contributed by atoms with Crippen LogP contribution in [0.1, 0.15) is 28.3 Å². The molecule has 1 N–H and O–H groups in total. The fraction of sp³-hybridized carbons (Fsp3) is 0.154. The molecule has 0 spiro atoms. The molecule has 4 rings (SSSR count). The van der Waals surface area contributed by atoms with E-state index in [1.807, 2.05) is 13.8 Å².